The molecule has 54 heavy (non-hydrogen) atoms. The number of sulfonamides is 1. The van der Waals surface area contributed by atoms with E-state index in [1.807, 2.05) is 19.1 Å². The second-order valence-corrected chi connectivity index (χ2v) is 16.5. The number of rotatable bonds is 8. The van der Waals surface area contributed by atoms with Gasteiger partial charge in [-0.3, -0.25) is 28.9 Å². The average molecular weight is 763 g/mol. The SMILES string of the molecule is CCc1nc2ccc(F)cc2nc1O[C@@H]1C[C@H]2C(=O)N[C@]3(C(=O)NS(=O)(=O)C4CC4)C[C@H]3/C=C\CCCCC[C@H](NC(=O)c3cnc(C)cn3)C(=O)N2C1. The van der Waals surface area contributed by atoms with Gasteiger partial charge in [-0.1, -0.05) is 31.9 Å². The fourth-order valence-electron chi connectivity index (χ4n) is 7.12. The van der Waals surface area contributed by atoms with Crippen molar-refractivity contribution in [2.45, 2.75) is 107 Å². The Bertz CT molecular complexity index is 2110. The summed E-state index contributed by atoms with van der Waals surface area (Å²) in [6.07, 6.45) is 10.3. The molecule has 17 heteroatoms. The van der Waals surface area contributed by atoms with Gasteiger partial charge in [0.05, 0.1) is 34.7 Å². The van der Waals surface area contributed by atoms with Crippen LogP contribution in [0.3, 0.4) is 0 Å². The molecular formula is C37H43FN8O7S. The first-order valence-corrected chi connectivity index (χ1v) is 20.0. The monoisotopic (exact) mass is 762 g/mol. The molecule has 3 fully saturated rings. The number of aromatic nitrogens is 4. The van der Waals surface area contributed by atoms with E-state index in [9.17, 15) is 32.0 Å². The largest absolute Gasteiger partial charge is 0.471 e. The standard InChI is InChI=1S/C37H43FN8O7S/c1-3-26-34(43-29-15-23(38)11-14-27(29)41-26)53-24-16-31-33(48)44-37(36(50)45-54(51,52)25-12-13-25)17-22(37)9-7-5-4-6-8-10-28(35(49)46(31)20-24)42-32(47)30-19-39-21(2)18-40-30/h7,9,11,14-15,18-19,22,24-25,28,31H,3-6,8,10,12-13,16-17,20H2,1-2H3,(H,42,47)(H,44,48)(H,45,50)/b9-7-/t22-,24-,28+,31+,37-/m1/s1. The van der Waals surface area contributed by atoms with Crippen LogP contribution < -0.4 is 20.1 Å². The molecule has 0 bridgehead atoms. The number of nitrogens with one attached hydrogen (secondary N) is 3. The number of amides is 4. The molecule has 4 aliphatic rings. The summed E-state index contributed by atoms with van der Waals surface area (Å²) in [4.78, 5) is 74.7. The van der Waals surface area contributed by atoms with Crippen molar-refractivity contribution in [1.29, 1.82) is 0 Å². The number of ether oxygens (including phenoxy) is 1. The molecule has 0 unspecified atom stereocenters. The van der Waals surface area contributed by atoms with Gasteiger partial charge in [0.25, 0.3) is 11.8 Å². The Labute approximate surface area is 312 Å². The van der Waals surface area contributed by atoms with Gasteiger partial charge in [-0.25, -0.2) is 27.8 Å². The van der Waals surface area contributed by atoms with Crippen molar-refractivity contribution in [3.8, 4) is 5.88 Å². The molecule has 3 aromatic rings. The van der Waals surface area contributed by atoms with E-state index in [2.05, 4.69) is 35.3 Å². The number of hydrogen-bond acceptors (Lipinski definition) is 11. The van der Waals surface area contributed by atoms with Gasteiger partial charge in [-0.2, -0.15) is 0 Å². The number of fused-ring (bicyclic) bond motifs is 3. The molecule has 7 rings (SSSR count). The van der Waals surface area contributed by atoms with Crippen LogP contribution in [0.25, 0.3) is 11.0 Å². The van der Waals surface area contributed by atoms with Gasteiger partial charge in [-0.05, 0) is 64.0 Å². The molecule has 2 saturated carbocycles. The van der Waals surface area contributed by atoms with E-state index < -0.39 is 74.4 Å². The number of aryl methyl sites for hydroxylation is 2. The van der Waals surface area contributed by atoms with E-state index in [-0.39, 0.29) is 42.9 Å². The zero-order valence-corrected chi connectivity index (χ0v) is 30.9. The lowest BCUT2D eigenvalue weighted by Gasteiger charge is -2.29. The molecule has 5 atom stereocenters. The van der Waals surface area contributed by atoms with E-state index in [0.29, 0.717) is 49.0 Å². The second-order valence-electron chi connectivity index (χ2n) is 14.5. The quantitative estimate of drug-likeness (QED) is 0.285. The number of carbonyl (C=O) groups excluding carboxylic acids is 4. The lowest BCUT2D eigenvalue weighted by Crippen LogP contribution is -2.58. The van der Waals surface area contributed by atoms with Crippen LogP contribution in [0.4, 0.5) is 4.39 Å². The molecular weight excluding hydrogens is 720 g/mol. The van der Waals surface area contributed by atoms with E-state index in [1.165, 1.54) is 35.5 Å². The summed E-state index contributed by atoms with van der Waals surface area (Å²) in [7, 11) is -3.91. The zero-order valence-electron chi connectivity index (χ0n) is 30.1. The minimum Gasteiger partial charge on any atom is -0.471 e. The Morgan fingerprint density at radius 2 is 1.89 bits per heavy atom. The van der Waals surface area contributed by atoms with Crippen LogP contribution in [0.2, 0.25) is 0 Å². The highest BCUT2D eigenvalue weighted by Gasteiger charge is 2.62. The number of carbonyl (C=O) groups is 4. The number of nitrogens with zero attached hydrogens (tertiary/aromatic N) is 5. The van der Waals surface area contributed by atoms with Gasteiger partial charge in [-0.15, -0.1) is 0 Å². The van der Waals surface area contributed by atoms with Crippen LogP contribution in [-0.2, 0) is 30.8 Å². The molecule has 3 N–H and O–H groups in total. The minimum atomic E-state index is -3.91. The summed E-state index contributed by atoms with van der Waals surface area (Å²) in [5.41, 5.74) is 0.353. The molecule has 2 aromatic heterocycles. The van der Waals surface area contributed by atoms with Crippen molar-refractivity contribution in [3.05, 3.63) is 65.6 Å². The first kappa shape index (κ1) is 37.3. The smallest absolute Gasteiger partial charge is 0.272 e. The predicted molar refractivity (Wildman–Crippen MR) is 193 cm³/mol. The minimum absolute atomic E-state index is 0.0216. The molecule has 1 aromatic carbocycles. The average Bonchev–Trinajstić information content (AvgIpc) is 4.07. The van der Waals surface area contributed by atoms with Crippen LogP contribution >= 0.6 is 0 Å². The molecule has 1 saturated heterocycles. The maximum Gasteiger partial charge on any atom is 0.272 e. The Hall–Kier alpha value is -5.06. The van der Waals surface area contributed by atoms with Gasteiger partial charge in [0.15, 0.2) is 0 Å². The molecule has 4 heterocycles. The lowest BCUT2D eigenvalue weighted by atomic mass is 10.0. The number of hydrogen-bond donors (Lipinski definition) is 3. The fourth-order valence-corrected chi connectivity index (χ4v) is 8.48. The molecule has 2 aliphatic carbocycles. The number of benzene rings is 1. The van der Waals surface area contributed by atoms with E-state index in [0.717, 1.165) is 12.8 Å². The van der Waals surface area contributed by atoms with Crippen molar-refractivity contribution >= 4 is 44.7 Å². The Morgan fingerprint density at radius 1 is 1.07 bits per heavy atom. The van der Waals surface area contributed by atoms with Crippen molar-refractivity contribution in [2.75, 3.05) is 6.54 Å². The van der Waals surface area contributed by atoms with Gasteiger partial charge >= 0.3 is 0 Å². The second kappa shape index (κ2) is 15.0. The van der Waals surface area contributed by atoms with Gasteiger partial charge in [0.2, 0.25) is 27.7 Å². The molecule has 4 amide bonds. The zero-order chi connectivity index (χ0) is 38.2. The first-order valence-electron chi connectivity index (χ1n) is 18.4. The topological polar surface area (TPSA) is 203 Å². The van der Waals surface area contributed by atoms with Crippen LogP contribution in [0, 0.1) is 18.7 Å². The number of allylic oxidation sites excluding steroid dienone is 1. The molecule has 0 radical (unpaired) electrons. The normalized spacial score (nSPS) is 26.8. The van der Waals surface area contributed by atoms with E-state index in [4.69, 9.17) is 4.74 Å². The molecule has 286 valence electrons. The fraction of sp³-hybridized carbons (Fsp3) is 0.514. The van der Waals surface area contributed by atoms with Crippen molar-refractivity contribution in [1.82, 2.24) is 40.2 Å². The predicted octanol–water partition coefficient (Wildman–Crippen LogP) is 2.58. The first-order chi connectivity index (χ1) is 25.9. The van der Waals surface area contributed by atoms with E-state index in [1.54, 1.807) is 6.92 Å². The third-order valence-electron chi connectivity index (χ3n) is 10.4. The Kier molecular flexibility index (Phi) is 10.3. The lowest BCUT2D eigenvalue weighted by molar-refractivity contribution is -0.141. The Balaban J connectivity index is 1.20. The highest BCUT2D eigenvalue weighted by molar-refractivity contribution is 7.91. The summed E-state index contributed by atoms with van der Waals surface area (Å²) in [6.45, 7) is 3.51. The maximum absolute atomic E-state index is 14.5. The van der Waals surface area contributed by atoms with E-state index >= 15 is 0 Å². The highest BCUT2D eigenvalue weighted by Crippen LogP contribution is 2.46. The molecule has 15 nitrogen and oxygen atoms in total. The Morgan fingerprint density at radius 3 is 2.63 bits per heavy atom. The van der Waals surface area contributed by atoms with Crippen LogP contribution in [0.5, 0.6) is 5.88 Å². The third kappa shape index (κ3) is 7.91. The number of halogens is 1. The van der Waals surface area contributed by atoms with Crippen LogP contribution in [0.1, 0.15) is 86.6 Å². The van der Waals surface area contributed by atoms with Crippen LogP contribution in [-0.4, -0.2) is 92.4 Å². The molecule has 0 spiro atoms. The summed E-state index contributed by atoms with van der Waals surface area (Å²) in [5, 5.41) is 5.00. The van der Waals surface area contributed by atoms with Gasteiger partial charge in [0.1, 0.15) is 40.9 Å². The summed E-state index contributed by atoms with van der Waals surface area (Å²) < 4.78 is 48.3. The summed E-state index contributed by atoms with van der Waals surface area (Å²) in [6, 6.07) is 1.84. The third-order valence-corrected chi connectivity index (χ3v) is 12.3. The van der Waals surface area contributed by atoms with Crippen molar-refractivity contribution in [3.63, 3.8) is 0 Å². The van der Waals surface area contributed by atoms with Crippen molar-refractivity contribution in [2.24, 2.45) is 5.92 Å². The van der Waals surface area contributed by atoms with Crippen molar-refractivity contribution < 1.29 is 36.7 Å². The molecule has 2 aliphatic heterocycles. The van der Waals surface area contributed by atoms with Gasteiger partial charge in [0, 0.05) is 24.6 Å². The summed E-state index contributed by atoms with van der Waals surface area (Å²) in [5.74, 6) is -3.45. The van der Waals surface area contributed by atoms with Crippen LogP contribution in [0.15, 0.2) is 42.7 Å². The highest BCUT2D eigenvalue weighted by atomic mass is 32.2. The summed E-state index contributed by atoms with van der Waals surface area (Å²) >= 11 is 0. The van der Waals surface area contributed by atoms with Gasteiger partial charge < -0.3 is 20.3 Å². The maximum atomic E-state index is 14.5.